The van der Waals surface area contributed by atoms with Crippen molar-refractivity contribution in [3.05, 3.63) is 57.5 Å². The van der Waals surface area contributed by atoms with Gasteiger partial charge in [-0.2, -0.15) is 11.8 Å². The number of hydrogen-bond acceptors (Lipinski definition) is 6. The third-order valence-electron chi connectivity index (χ3n) is 3.43. The minimum absolute atomic E-state index is 0.0103. The van der Waals surface area contributed by atoms with Crippen LogP contribution >= 0.6 is 23.1 Å². The van der Waals surface area contributed by atoms with Crippen LogP contribution in [0.3, 0.4) is 0 Å². The van der Waals surface area contributed by atoms with E-state index in [4.69, 9.17) is 9.47 Å². The van der Waals surface area contributed by atoms with Gasteiger partial charge in [0.1, 0.15) is 11.5 Å². The van der Waals surface area contributed by atoms with Crippen molar-refractivity contribution in [2.45, 2.75) is 12.7 Å². The Balaban J connectivity index is 1.48. The zero-order valence-corrected chi connectivity index (χ0v) is 15.2. The van der Waals surface area contributed by atoms with Gasteiger partial charge < -0.3 is 9.47 Å². The quantitative estimate of drug-likeness (QED) is 0.603. The predicted molar refractivity (Wildman–Crippen MR) is 98.7 cm³/mol. The van der Waals surface area contributed by atoms with Crippen molar-refractivity contribution in [1.82, 2.24) is 9.38 Å². The van der Waals surface area contributed by atoms with Crippen molar-refractivity contribution >= 4 is 28.1 Å². The molecule has 0 N–H and O–H groups in total. The van der Waals surface area contributed by atoms with Crippen molar-refractivity contribution < 1.29 is 9.47 Å². The molecule has 0 unspecified atom stereocenters. The van der Waals surface area contributed by atoms with Crippen LogP contribution in [-0.4, -0.2) is 28.9 Å². The first-order valence-electron chi connectivity index (χ1n) is 7.49. The highest BCUT2D eigenvalue weighted by molar-refractivity contribution is 7.98. The molecule has 0 aliphatic carbocycles. The Kier molecular flexibility index (Phi) is 5.42. The van der Waals surface area contributed by atoms with E-state index in [9.17, 15) is 4.79 Å². The summed E-state index contributed by atoms with van der Waals surface area (Å²) in [7, 11) is 1.64. The number of aromatic nitrogens is 2. The zero-order chi connectivity index (χ0) is 16.9. The molecule has 1 aromatic carbocycles. The van der Waals surface area contributed by atoms with E-state index in [1.54, 1.807) is 29.3 Å². The monoisotopic (exact) mass is 362 g/mol. The molecule has 0 amide bonds. The van der Waals surface area contributed by atoms with E-state index >= 15 is 0 Å². The van der Waals surface area contributed by atoms with Crippen LogP contribution < -0.4 is 15.0 Å². The van der Waals surface area contributed by atoms with E-state index in [0.29, 0.717) is 12.4 Å². The topological polar surface area (TPSA) is 52.8 Å². The van der Waals surface area contributed by atoms with Gasteiger partial charge in [-0.25, -0.2) is 4.98 Å². The van der Waals surface area contributed by atoms with Gasteiger partial charge in [-0.3, -0.25) is 9.20 Å². The Morgan fingerprint density at radius 1 is 1.25 bits per heavy atom. The molecular weight excluding hydrogens is 344 g/mol. The van der Waals surface area contributed by atoms with Crippen LogP contribution in [0, 0.1) is 6.92 Å². The average molecular weight is 362 g/mol. The maximum atomic E-state index is 12.1. The summed E-state index contributed by atoms with van der Waals surface area (Å²) in [4.78, 5) is 17.4. The van der Waals surface area contributed by atoms with Crippen molar-refractivity contribution in [3.63, 3.8) is 0 Å². The fourth-order valence-corrected chi connectivity index (χ4v) is 3.84. The van der Waals surface area contributed by atoms with E-state index in [2.05, 4.69) is 4.98 Å². The molecule has 5 nitrogen and oxygen atoms in total. The second kappa shape index (κ2) is 7.72. The smallest absolute Gasteiger partial charge is 0.258 e. The van der Waals surface area contributed by atoms with Gasteiger partial charge in [0.15, 0.2) is 4.96 Å². The molecule has 0 saturated carbocycles. The first kappa shape index (κ1) is 16.9. The Hall–Kier alpha value is -1.99. The number of ether oxygens (including phenoxy) is 2. The zero-order valence-electron chi connectivity index (χ0n) is 13.5. The van der Waals surface area contributed by atoms with Crippen LogP contribution in [0.25, 0.3) is 4.96 Å². The standard InChI is InChI=1S/C17H18N2O3S2/c1-12-10-24-17-18-13(9-16(20)19(12)17)11-23-8-7-22-15-5-3-14(21-2)4-6-15/h3-6,9-10H,7-8,11H2,1-2H3. The number of rotatable bonds is 7. The Labute approximate surface area is 148 Å². The number of thiazole rings is 1. The fourth-order valence-electron chi connectivity index (χ4n) is 2.24. The summed E-state index contributed by atoms with van der Waals surface area (Å²) in [5.74, 6) is 3.17. The molecule has 2 aromatic heterocycles. The number of nitrogens with zero attached hydrogens (tertiary/aromatic N) is 2. The molecule has 7 heteroatoms. The largest absolute Gasteiger partial charge is 0.497 e. The maximum Gasteiger partial charge on any atom is 0.258 e. The third-order valence-corrected chi connectivity index (χ3v) is 5.33. The second-order valence-electron chi connectivity index (χ2n) is 5.16. The molecule has 0 spiro atoms. The highest BCUT2D eigenvalue weighted by atomic mass is 32.2. The van der Waals surface area contributed by atoms with Crippen LogP contribution in [-0.2, 0) is 5.75 Å². The summed E-state index contributed by atoms with van der Waals surface area (Å²) in [6, 6.07) is 9.14. The van der Waals surface area contributed by atoms with Gasteiger partial charge >= 0.3 is 0 Å². The van der Waals surface area contributed by atoms with E-state index in [0.717, 1.165) is 33.6 Å². The van der Waals surface area contributed by atoms with Crippen molar-refractivity contribution in [1.29, 1.82) is 0 Å². The molecule has 24 heavy (non-hydrogen) atoms. The van der Waals surface area contributed by atoms with Crippen LogP contribution in [0.1, 0.15) is 11.4 Å². The second-order valence-corrected chi connectivity index (χ2v) is 7.10. The number of hydrogen-bond donors (Lipinski definition) is 0. The lowest BCUT2D eigenvalue weighted by atomic mass is 10.3. The Bertz CT molecular complexity index is 872. The van der Waals surface area contributed by atoms with Crippen molar-refractivity contribution in [3.8, 4) is 11.5 Å². The highest BCUT2D eigenvalue weighted by Crippen LogP contribution is 2.18. The molecule has 0 aliphatic rings. The molecule has 2 heterocycles. The summed E-state index contributed by atoms with van der Waals surface area (Å²) < 4.78 is 12.4. The normalized spacial score (nSPS) is 10.9. The first-order chi connectivity index (χ1) is 11.7. The third kappa shape index (κ3) is 3.91. The SMILES string of the molecule is COc1ccc(OCCSCc2cc(=O)n3c(C)csc3n2)cc1. The predicted octanol–water partition coefficient (Wildman–Crippen LogP) is 3.39. The van der Waals surface area contributed by atoms with Gasteiger partial charge in [0.05, 0.1) is 19.4 Å². The van der Waals surface area contributed by atoms with Gasteiger partial charge in [-0.1, -0.05) is 0 Å². The number of thioether (sulfide) groups is 1. The van der Waals surface area contributed by atoms with Crippen LogP contribution in [0.5, 0.6) is 11.5 Å². The summed E-state index contributed by atoms with van der Waals surface area (Å²) in [6.45, 7) is 2.52. The average Bonchev–Trinajstić information content (AvgIpc) is 2.96. The number of aryl methyl sites for hydroxylation is 1. The van der Waals surface area contributed by atoms with Gasteiger partial charge in [-0.15, -0.1) is 11.3 Å². The van der Waals surface area contributed by atoms with E-state index < -0.39 is 0 Å². The molecule has 0 aliphatic heterocycles. The van der Waals surface area contributed by atoms with Gasteiger partial charge in [0.25, 0.3) is 5.56 Å². The molecule has 3 aromatic rings. The molecule has 0 atom stereocenters. The lowest BCUT2D eigenvalue weighted by Crippen LogP contribution is -2.14. The van der Waals surface area contributed by atoms with E-state index in [1.807, 2.05) is 36.6 Å². The maximum absolute atomic E-state index is 12.1. The number of benzene rings is 1. The van der Waals surface area contributed by atoms with Crippen LogP contribution in [0.4, 0.5) is 0 Å². The van der Waals surface area contributed by atoms with Gasteiger partial charge in [0.2, 0.25) is 0 Å². The number of methoxy groups -OCH3 is 1. The minimum atomic E-state index is -0.0103. The van der Waals surface area contributed by atoms with Gasteiger partial charge in [-0.05, 0) is 31.2 Å². The fraction of sp³-hybridized carbons (Fsp3) is 0.294. The minimum Gasteiger partial charge on any atom is -0.497 e. The van der Waals surface area contributed by atoms with E-state index in [-0.39, 0.29) is 5.56 Å². The molecule has 0 radical (unpaired) electrons. The van der Waals surface area contributed by atoms with Crippen molar-refractivity contribution in [2.75, 3.05) is 19.5 Å². The summed E-state index contributed by atoms with van der Waals surface area (Å²) >= 11 is 3.20. The molecule has 126 valence electrons. The lowest BCUT2D eigenvalue weighted by Gasteiger charge is -2.07. The molecule has 0 fully saturated rings. The van der Waals surface area contributed by atoms with Gasteiger partial charge in [0, 0.05) is 28.6 Å². The lowest BCUT2D eigenvalue weighted by molar-refractivity contribution is 0.342. The Morgan fingerprint density at radius 2 is 2.00 bits per heavy atom. The molecule has 0 bridgehead atoms. The summed E-state index contributed by atoms with van der Waals surface area (Å²) in [6.07, 6.45) is 0. The Morgan fingerprint density at radius 3 is 2.75 bits per heavy atom. The number of fused-ring (bicyclic) bond motifs is 1. The first-order valence-corrected chi connectivity index (χ1v) is 9.52. The summed E-state index contributed by atoms with van der Waals surface area (Å²) in [5, 5.41) is 1.95. The molecule has 3 rings (SSSR count). The van der Waals surface area contributed by atoms with Crippen LogP contribution in [0.15, 0.2) is 40.5 Å². The summed E-state index contributed by atoms with van der Waals surface area (Å²) in [5.41, 5.74) is 1.74. The van der Waals surface area contributed by atoms with Crippen LogP contribution in [0.2, 0.25) is 0 Å². The molecule has 0 saturated heterocycles. The van der Waals surface area contributed by atoms with Crippen molar-refractivity contribution in [2.24, 2.45) is 0 Å². The highest BCUT2D eigenvalue weighted by Gasteiger charge is 2.06. The molecular formula is C17H18N2O3S2. The van der Waals surface area contributed by atoms with E-state index in [1.165, 1.54) is 11.3 Å².